The van der Waals surface area contributed by atoms with Crippen LogP contribution in [0.5, 0.6) is 0 Å². The smallest absolute Gasteiger partial charge is 0.339 e. The van der Waals surface area contributed by atoms with Crippen molar-refractivity contribution in [2.45, 2.75) is 19.3 Å². The van der Waals surface area contributed by atoms with Gasteiger partial charge in [-0.15, -0.1) is 11.3 Å². The summed E-state index contributed by atoms with van der Waals surface area (Å²) in [7, 11) is 0. The zero-order valence-electron chi connectivity index (χ0n) is 10.5. The number of hydrogen-bond acceptors (Lipinski definition) is 4. The summed E-state index contributed by atoms with van der Waals surface area (Å²) in [5.41, 5.74) is 1.54. The van der Waals surface area contributed by atoms with E-state index in [0.29, 0.717) is 10.6 Å². The quantitative estimate of drug-likeness (QED) is 0.909. The molecule has 0 aliphatic heterocycles. The molecule has 20 heavy (non-hydrogen) atoms. The van der Waals surface area contributed by atoms with Crippen molar-refractivity contribution < 1.29 is 14.7 Å². The number of rotatable bonds is 3. The number of aromatic carboxylic acids is 1. The van der Waals surface area contributed by atoms with Gasteiger partial charge in [-0.2, -0.15) is 0 Å². The van der Waals surface area contributed by atoms with Gasteiger partial charge in [0, 0.05) is 17.3 Å². The maximum atomic E-state index is 12.1. The van der Waals surface area contributed by atoms with E-state index in [9.17, 15) is 14.7 Å². The highest BCUT2D eigenvalue weighted by Gasteiger charge is 2.27. The first kappa shape index (κ1) is 12.8. The molecule has 0 spiro atoms. The largest absolute Gasteiger partial charge is 0.478 e. The molecule has 3 rings (SSSR count). The molecular weight excluding hydrogens is 276 g/mol. The number of carboxylic acids is 1. The number of thiophene rings is 1. The van der Waals surface area contributed by atoms with Crippen LogP contribution < -0.4 is 5.32 Å². The topological polar surface area (TPSA) is 79.3 Å². The molecule has 1 aliphatic carbocycles. The van der Waals surface area contributed by atoms with E-state index in [1.165, 1.54) is 17.5 Å². The van der Waals surface area contributed by atoms with Gasteiger partial charge in [0.25, 0.3) is 5.91 Å². The Labute approximate surface area is 119 Å². The number of fused-ring (bicyclic) bond motifs is 1. The molecule has 1 amide bonds. The number of nitrogens with one attached hydrogen (secondary N) is 1. The number of pyridine rings is 1. The minimum atomic E-state index is -0.981. The predicted octanol–water partition coefficient (Wildman–Crippen LogP) is 2.58. The van der Waals surface area contributed by atoms with Crippen LogP contribution in [-0.2, 0) is 12.8 Å². The molecule has 0 unspecified atom stereocenters. The summed E-state index contributed by atoms with van der Waals surface area (Å²) in [5.74, 6) is -1.31. The molecule has 0 aromatic carbocycles. The van der Waals surface area contributed by atoms with Gasteiger partial charge in [-0.1, -0.05) is 0 Å². The molecule has 0 fully saturated rings. The highest BCUT2D eigenvalue weighted by Crippen LogP contribution is 2.39. The van der Waals surface area contributed by atoms with E-state index in [-0.39, 0.29) is 11.5 Å². The van der Waals surface area contributed by atoms with Gasteiger partial charge in [0.05, 0.1) is 11.1 Å². The van der Waals surface area contributed by atoms with Crippen LogP contribution >= 0.6 is 11.3 Å². The molecule has 0 saturated carbocycles. The van der Waals surface area contributed by atoms with E-state index in [4.69, 9.17) is 0 Å². The Morgan fingerprint density at radius 2 is 2.20 bits per heavy atom. The van der Waals surface area contributed by atoms with Crippen LogP contribution in [0, 0.1) is 0 Å². The second kappa shape index (κ2) is 5.05. The fourth-order valence-corrected chi connectivity index (χ4v) is 3.67. The number of hydrogen-bond donors (Lipinski definition) is 2. The molecule has 2 aromatic rings. The summed E-state index contributed by atoms with van der Waals surface area (Å²) in [6, 6.07) is 3.31. The first-order chi connectivity index (χ1) is 9.66. The zero-order valence-corrected chi connectivity index (χ0v) is 11.4. The van der Waals surface area contributed by atoms with Crippen LogP contribution in [0.1, 0.15) is 37.6 Å². The third-order valence-electron chi connectivity index (χ3n) is 3.29. The van der Waals surface area contributed by atoms with Gasteiger partial charge >= 0.3 is 5.97 Å². The fraction of sp³-hybridized carbons (Fsp3) is 0.214. The van der Waals surface area contributed by atoms with Crippen molar-refractivity contribution in [3.63, 3.8) is 0 Å². The molecule has 0 radical (unpaired) electrons. The van der Waals surface area contributed by atoms with Crippen LogP contribution in [0.3, 0.4) is 0 Å². The maximum absolute atomic E-state index is 12.1. The normalized spacial score (nSPS) is 13.0. The number of aryl methyl sites for hydroxylation is 1. The molecule has 102 valence electrons. The standard InChI is InChI=1S/C14H12N2O3S/c17-12(8-3-2-6-15-7-8)16-13-11(14(18)19)9-4-1-5-10(9)20-13/h2-3,6-7H,1,4-5H2,(H,16,17)(H,18,19). The Morgan fingerprint density at radius 1 is 1.35 bits per heavy atom. The number of anilines is 1. The van der Waals surface area contributed by atoms with Crippen LogP contribution in [-0.4, -0.2) is 22.0 Å². The lowest BCUT2D eigenvalue weighted by Gasteiger charge is -2.05. The lowest BCUT2D eigenvalue weighted by molar-refractivity contribution is 0.0697. The van der Waals surface area contributed by atoms with Crippen molar-refractivity contribution in [1.82, 2.24) is 4.98 Å². The number of carboxylic acid groups (broad SMARTS) is 1. The van der Waals surface area contributed by atoms with Gasteiger partial charge in [-0.25, -0.2) is 4.79 Å². The first-order valence-electron chi connectivity index (χ1n) is 6.26. The lowest BCUT2D eigenvalue weighted by atomic mass is 10.1. The number of amides is 1. The number of carbonyl (C=O) groups is 2. The molecule has 2 heterocycles. The van der Waals surface area contributed by atoms with Crippen LogP contribution in [0.2, 0.25) is 0 Å². The van der Waals surface area contributed by atoms with Crippen molar-refractivity contribution >= 4 is 28.2 Å². The summed E-state index contributed by atoms with van der Waals surface area (Å²) in [6.07, 6.45) is 5.69. The summed E-state index contributed by atoms with van der Waals surface area (Å²) in [6.45, 7) is 0. The Balaban J connectivity index is 1.92. The monoisotopic (exact) mass is 288 g/mol. The molecule has 0 atom stereocenters. The van der Waals surface area contributed by atoms with Crippen molar-refractivity contribution in [1.29, 1.82) is 0 Å². The zero-order chi connectivity index (χ0) is 14.1. The van der Waals surface area contributed by atoms with Gasteiger partial charge in [0.1, 0.15) is 5.00 Å². The van der Waals surface area contributed by atoms with E-state index in [1.807, 2.05) is 0 Å². The Hall–Kier alpha value is -2.21. The van der Waals surface area contributed by atoms with Gasteiger partial charge in [-0.3, -0.25) is 9.78 Å². The third kappa shape index (κ3) is 2.18. The summed E-state index contributed by atoms with van der Waals surface area (Å²) in [4.78, 5) is 28.4. The predicted molar refractivity (Wildman–Crippen MR) is 75.5 cm³/mol. The number of carbonyl (C=O) groups excluding carboxylic acids is 1. The Kier molecular flexibility index (Phi) is 3.23. The molecule has 5 nitrogen and oxygen atoms in total. The molecule has 6 heteroatoms. The van der Waals surface area contributed by atoms with E-state index in [1.54, 1.807) is 18.3 Å². The molecule has 0 bridgehead atoms. The van der Waals surface area contributed by atoms with Gasteiger partial charge in [0.15, 0.2) is 0 Å². The average molecular weight is 288 g/mol. The van der Waals surface area contributed by atoms with Crippen LogP contribution in [0.4, 0.5) is 5.00 Å². The maximum Gasteiger partial charge on any atom is 0.339 e. The van der Waals surface area contributed by atoms with Crippen LogP contribution in [0.15, 0.2) is 24.5 Å². The minimum absolute atomic E-state index is 0.250. The van der Waals surface area contributed by atoms with E-state index >= 15 is 0 Å². The molecule has 0 saturated heterocycles. The average Bonchev–Trinajstić information content (AvgIpc) is 2.99. The third-order valence-corrected chi connectivity index (χ3v) is 4.49. The summed E-state index contributed by atoms with van der Waals surface area (Å²) >= 11 is 1.37. The second-order valence-electron chi connectivity index (χ2n) is 4.56. The fourth-order valence-electron chi connectivity index (χ4n) is 2.39. The SMILES string of the molecule is O=C(Nc1sc2c(c1C(=O)O)CCC2)c1cccnc1. The summed E-state index contributed by atoms with van der Waals surface area (Å²) < 4.78 is 0. The van der Waals surface area contributed by atoms with Crippen molar-refractivity contribution in [3.8, 4) is 0 Å². The molecule has 2 N–H and O–H groups in total. The Bertz CT molecular complexity index is 679. The van der Waals surface area contributed by atoms with Crippen molar-refractivity contribution in [2.75, 3.05) is 5.32 Å². The summed E-state index contributed by atoms with van der Waals surface area (Å²) in [5, 5.41) is 12.5. The van der Waals surface area contributed by atoms with Crippen molar-refractivity contribution in [3.05, 3.63) is 46.1 Å². The molecular formula is C14H12N2O3S. The highest BCUT2D eigenvalue weighted by atomic mass is 32.1. The molecule has 1 aliphatic rings. The second-order valence-corrected chi connectivity index (χ2v) is 5.67. The number of aromatic nitrogens is 1. The Morgan fingerprint density at radius 3 is 2.90 bits per heavy atom. The van der Waals surface area contributed by atoms with E-state index < -0.39 is 5.97 Å². The van der Waals surface area contributed by atoms with Crippen LogP contribution in [0.25, 0.3) is 0 Å². The minimum Gasteiger partial charge on any atom is -0.478 e. The van der Waals surface area contributed by atoms with Gasteiger partial charge < -0.3 is 10.4 Å². The number of nitrogens with zero attached hydrogens (tertiary/aromatic N) is 1. The van der Waals surface area contributed by atoms with Gasteiger partial charge in [-0.05, 0) is 37.0 Å². The van der Waals surface area contributed by atoms with Gasteiger partial charge in [0.2, 0.25) is 0 Å². The lowest BCUT2D eigenvalue weighted by Crippen LogP contribution is -2.14. The first-order valence-corrected chi connectivity index (χ1v) is 7.07. The van der Waals surface area contributed by atoms with Crippen molar-refractivity contribution in [2.24, 2.45) is 0 Å². The molecule has 2 aromatic heterocycles. The van der Waals surface area contributed by atoms with E-state index in [2.05, 4.69) is 10.3 Å². The van der Waals surface area contributed by atoms with E-state index in [0.717, 1.165) is 29.7 Å². The highest BCUT2D eigenvalue weighted by molar-refractivity contribution is 7.17.